The third-order valence-corrected chi connectivity index (χ3v) is 6.23. The molecule has 3 fully saturated rings. The maximum atomic E-state index is 5.96. The molecule has 0 amide bonds. The van der Waals surface area contributed by atoms with E-state index in [1.165, 1.54) is 57.8 Å². The van der Waals surface area contributed by atoms with Gasteiger partial charge in [0.2, 0.25) is 0 Å². The van der Waals surface area contributed by atoms with Gasteiger partial charge in [0, 0.05) is 24.1 Å². The van der Waals surface area contributed by atoms with E-state index in [4.69, 9.17) is 4.74 Å². The van der Waals surface area contributed by atoms with Crippen molar-refractivity contribution >= 4 is 0 Å². The molecule has 0 saturated heterocycles. The zero-order chi connectivity index (χ0) is 13.3. The second kappa shape index (κ2) is 5.73. The highest BCUT2D eigenvalue weighted by Gasteiger charge is 2.59. The van der Waals surface area contributed by atoms with E-state index in [1.54, 1.807) is 0 Å². The molecule has 2 nitrogen and oxygen atoms in total. The van der Waals surface area contributed by atoms with Crippen LogP contribution in [0.2, 0.25) is 0 Å². The molecule has 0 aromatic heterocycles. The Labute approximate surface area is 118 Å². The van der Waals surface area contributed by atoms with Crippen LogP contribution in [0.3, 0.4) is 0 Å². The van der Waals surface area contributed by atoms with Gasteiger partial charge < -0.3 is 10.1 Å². The first-order valence-electron chi connectivity index (χ1n) is 8.66. The van der Waals surface area contributed by atoms with Crippen molar-refractivity contribution in [3.63, 3.8) is 0 Å². The van der Waals surface area contributed by atoms with E-state index in [0.717, 1.165) is 24.6 Å². The quantitative estimate of drug-likeness (QED) is 0.814. The van der Waals surface area contributed by atoms with Gasteiger partial charge in [-0.25, -0.2) is 0 Å². The van der Waals surface area contributed by atoms with Crippen molar-refractivity contribution in [1.82, 2.24) is 5.32 Å². The maximum Gasteiger partial charge on any atom is 0.0661 e. The number of ether oxygens (including phenoxy) is 1. The average Bonchev–Trinajstić information content (AvgIpc) is 2.36. The minimum Gasteiger partial charge on any atom is -0.378 e. The molecule has 0 radical (unpaired) electrons. The molecule has 0 aromatic rings. The largest absolute Gasteiger partial charge is 0.378 e. The zero-order valence-electron chi connectivity index (χ0n) is 12.8. The van der Waals surface area contributed by atoms with E-state index >= 15 is 0 Å². The Morgan fingerprint density at radius 3 is 2.58 bits per heavy atom. The number of hydrogen-bond acceptors (Lipinski definition) is 2. The van der Waals surface area contributed by atoms with Crippen LogP contribution in [0.15, 0.2) is 0 Å². The first-order valence-corrected chi connectivity index (χ1v) is 8.66. The van der Waals surface area contributed by atoms with Gasteiger partial charge in [-0.1, -0.05) is 32.6 Å². The van der Waals surface area contributed by atoms with Crippen molar-refractivity contribution in [3.05, 3.63) is 0 Å². The molecule has 1 spiro atoms. The molecule has 3 aliphatic carbocycles. The van der Waals surface area contributed by atoms with Crippen LogP contribution in [0.1, 0.15) is 71.6 Å². The van der Waals surface area contributed by atoms with E-state index < -0.39 is 0 Å². The normalized spacial score (nSPS) is 40.7. The van der Waals surface area contributed by atoms with E-state index in [1.807, 2.05) is 0 Å². The number of nitrogens with one attached hydrogen (secondary N) is 1. The summed E-state index contributed by atoms with van der Waals surface area (Å²) in [6, 6.07) is 1.56. The van der Waals surface area contributed by atoms with Gasteiger partial charge in [-0.05, 0) is 44.9 Å². The van der Waals surface area contributed by atoms with Crippen LogP contribution < -0.4 is 5.32 Å². The molecule has 4 atom stereocenters. The van der Waals surface area contributed by atoms with E-state index in [9.17, 15) is 0 Å². The van der Waals surface area contributed by atoms with Crippen LogP contribution in [0.4, 0.5) is 0 Å². The Hall–Kier alpha value is -0.0800. The molecule has 0 bridgehead atoms. The smallest absolute Gasteiger partial charge is 0.0661 e. The van der Waals surface area contributed by atoms with Gasteiger partial charge in [-0.15, -0.1) is 0 Å². The van der Waals surface area contributed by atoms with Crippen molar-refractivity contribution in [2.45, 2.75) is 89.8 Å². The second-order valence-corrected chi connectivity index (χ2v) is 7.12. The lowest BCUT2D eigenvalue weighted by molar-refractivity contribution is -0.175. The Balaban J connectivity index is 1.53. The highest BCUT2D eigenvalue weighted by molar-refractivity contribution is 5.12. The molecular formula is C17H31NO. The summed E-state index contributed by atoms with van der Waals surface area (Å²) in [4.78, 5) is 0. The molecule has 4 unspecified atom stereocenters. The summed E-state index contributed by atoms with van der Waals surface area (Å²) in [7, 11) is 0. The van der Waals surface area contributed by atoms with Gasteiger partial charge in [-0.3, -0.25) is 0 Å². The van der Waals surface area contributed by atoms with E-state index in [-0.39, 0.29) is 0 Å². The van der Waals surface area contributed by atoms with Crippen LogP contribution >= 0.6 is 0 Å². The number of hydrogen-bond donors (Lipinski definition) is 1. The predicted molar refractivity (Wildman–Crippen MR) is 79.3 cm³/mol. The van der Waals surface area contributed by atoms with Crippen molar-refractivity contribution in [2.75, 3.05) is 6.61 Å². The standard InChI is InChI=1S/C17H31NO/c1-3-13-7-5-8-14(11-13)18-15-12-16(19-4-2)17(15)9-6-10-17/h13-16,18H,3-12H2,1-2H3. The molecule has 0 aromatic carbocycles. The van der Waals surface area contributed by atoms with E-state index in [0.29, 0.717) is 11.5 Å². The van der Waals surface area contributed by atoms with Gasteiger partial charge in [-0.2, -0.15) is 0 Å². The second-order valence-electron chi connectivity index (χ2n) is 7.12. The molecule has 110 valence electrons. The first-order chi connectivity index (χ1) is 9.28. The fourth-order valence-corrected chi connectivity index (χ4v) is 4.77. The minimum absolute atomic E-state index is 0.537. The summed E-state index contributed by atoms with van der Waals surface area (Å²) in [6.45, 7) is 5.38. The van der Waals surface area contributed by atoms with Gasteiger partial charge in [0.25, 0.3) is 0 Å². The lowest BCUT2D eigenvalue weighted by Crippen LogP contribution is -2.68. The molecule has 2 heteroatoms. The summed E-state index contributed by atoms with van der Waals surface area (Å²) in [6.07, 6.45) is 13.1. The van der Waals surface area contributed by atoms with Crippen LogP contribution in [0.25, 0.3) is 0 Å². The highest BCUT2D eigenvalue weighted by atomic mass is 16.5. The van der Waals surface area contributed by atoms with Crippen LogP contribution in [-0.2, 0) is 4.74 Å². The summed E-state index contributed by atoms with van der Waals surface area (Å²) < 4.78 is 5.96. The van der Waals surface area contributed by atoms with Crippen molar-refractivity contribution in [3.8, 4) is 0 Å². The first kappa shape index (κ1) is 13.9. The van der Waals surface area contributed by atoms with Crippen LogP contribution in [-0.4, -0.2) is 24.8 Å². The number of rotatable bonds is 5. The lowest BCUT2D eigenvalue weighted by atomic mass is 9.50. The van der Waals surface area contributed by atoms with Crippen molar-refractivity contribution < 1.29 is 4.74 Å². The Kier molecular flexibility index (Phi) is 4.19. The molecule has 3 saturated carbocycles. The predicted octanol–water partition coefficient (Wildman–Crippen LogP) is 3.89. The molecule has 3 aliphatic rings. The topological polar surface area (TPSA) is 21.3 Å². The van der Waals surface area contributed by atoms with Gasteiger partial charge in [0.05, 0.1) is 6.10 Å². The average molecular weight is 265 g/mol. The summed E-state index contributed by atoms with van der Waals surface area (Å²) >= 11 is 0. The minimum atomic E-state index is 0.537. The Morgan fingerprint density at radius 1 is 1.11 bits per heavy atom. The van der Waals surface area contributed by atoms with Crippen LogP contribution in [0.5, 0.6) is 0 Å². The van der Waals surface area contributed by atoms with Crippen molar-refractivity contribution in [2.24, 2.45) is 11.3 Å². The fraction of sp³-hybridized carbons (Fsp3) is 1.00. The molecule has 0 heterocycles. The van der Waals surface area contributed by atoms with E-state index in [2.05, 4.69) is 19.2 Å². The summed E-state index contributed by atoms with van der Waals surface area (Å²) in [5, 5.41) is 4.02. The SMILES string of the molecule is CCOC1CC(NC2CCCC(CC)C2)C12CCC2. The zero-order valence-corrected chi connectivity index (χ0v) is 12.8. The Bertz CT molecular complexity index is 300. The van der Waals surface area contributed by atoms with Crippen molar-refractivity contribution in [1.29, 1.82) is 0 Å². The van der Waals surface area contributed by atoms with Gasteiger partial charge in [0.1, 0.15) is 0 Å². The van der Waals surface area contributed by atoms with Gasteiger partial charge in [0.15, 0.2) is 0 Å². The fourth-order valence-electron chi connectivity index (χ4n) is 4.77. The molecule has 19 heavy (non-hydrogen) atoms. The summed E-state index contributed by atoms with van der Waals surface area (Å²) in [5.41, 5.74) is 0.537. The monoisotopic (exact) mass is 265 g/mol. The Morgan fingerprint density at radius 2 is 1.95 bits per heavy atom. The summed E-state index contributed by atoms with van der Waals surface area (Å²) in [5.74, 6) is 0.978. The van der Waals surface area contributed by atoms with Crippen LogP contribution in [0, 0.1) is 11.3 Å². The maximum absolute atomic E-state index is 5.96. The molecular weight excluding hydrogens is 234 g/mol. The van der Waals surface area contributed by atoms with Gasteiger partial charge >= 0.3 is 0 Å². The third-order valence-electron chi connectivity index (χ3n) is 6.23. The molecule has 0 aliphatic heterocycles. The third kappa shape index (κ3) is 2.47. The lowest BCUT2D eigenvalue weighted by Gasteiger charge is -2.62. The highest BCUT2D eigenvalue weighted by Crippen LogP contribution is 2.57. The molecule has 1 N–H and O–H groups in total. The molecule has 3 rings (SSSR count).